The lowest BCUT2D eigenvalue weighted by Crippen LogP contribution is -2.27. The van der Waals surface area contributed by atoms with Crippen LogP contribution in [0.15, 0.2) is 77.7 Å². The summed E-state index contributed by atoms with van der Waals surface area (Å²) in [5, 5.41) is 2.65. The van der Waals surface area contributed by atoms with Gasteiger partial charge in [0.25, 0.3) is 5.91 Å². The van der Waals surface area contributed by atoms with Crippen molar-refractivity contribution in [3.8, 4) is 5.75 Å². The molecule has 2 amide bonds. The van der Waals surface area contributed by atoms with Crippen LogP contribution >= 0.6 is 11.6 Å². The van der Waals surface area contributed by atoms with Crippen molar-refractivity contribution in [2.45, 2.75) is 17.9 Å². The molecule has 33 heavy (non-hydrogen) atoms. The highest BCUT2D eigenvalue weighted by molar-refractivity contribution is 7.89. The van der Waals surface area contributed by atoms with Gasteiger partial charge in [-0.15, -0.1) is 0 Å². The molecule has 0 aliphatic rings. The summed E-state index contributed by atoms with van der Waals surface area (Å²) in [5.41, 5.74) is 6.78. The lowest BCUT2D eigenvalue weighted by Gasteiger charge is -2.15. The fraction of sp³-hybridized carbons (Fsp3) is 0.130. The smallest absolute Gasteiger partial charge is 0.262 e. The lowest BCUT2D eigenvalue weighted by molar-refractivity contribution is -0.118. The molecule has 0 radical (unpaired) electrons. The maximum Gasteiger partial charge on any atom is 0.262 e. The van der Waals surface area contributed by atoms with E-state index in [9.17, 15) is 18.0 Å². The Balaban J connectivity index is 1.60. The Kier molecular flexibility index (Phi) is 7.70. The predicted molar refractivity (Wildman–Crippen MR) is 126 cm³/mol. The molecule has 3 rings (SSSR count). The minimum Gasteiger partial charge on any atom is -0.482 e. The van der Waals surface area contributed by atoms with Crippen LogP contribution in [0, 0.1) is 0 Å². The van der Waals surface area contributed by atoms with Crippen molar-refractivity contribution in [1.29, 1.82) is 0 Å². The number of primary amides is 1. The van der Waals surface area contributed by atoms with Gasteiger partial charge in [0, 0.05) is 17.3 Å². The molecule has 10 heteroatoms. The van der Waals surface area contributed by atoms with Gasteiger partial charge in [0.05, 0.1) is 9.92 Å². The normalized spacial score (nSPS) is 12.1. The van der Waals surface area contributed by atoms with Crippen molar-refractivity contribution >= 4 is 39.1 Å². The van der Waals surface area contributed by atoms with E-state index in [4.69, 9.17) is 22.1 Å². The van der Waals surface area contributed by atoms with E-state index in [0.717, 1.165) is 5.56 Å². The van der Waals surface area contributed by atoms with Crippen LogP contribution in [0.5, 0.6) is 5.75 Å². The Morgan fingerprint density at radius 2 is 1.70 bits per heavy atom. The number of sulfonamides is 1. The molecule has 0 aromatic heterocycles. The van der Waals surface area contributed by atoms with Gasteiger partial charge in [0.1, 0.15) is 5.75 Å². The number of carbonyl (C=O) groups is 2. The highest BCUT2D eigenvalue weighted by atomic mass is 35.5. The number of amides is 2. The minimum atomic E-state index is -3.83. The SMILES string of the molecule is C[C@H](NS(=O)(=O)c1ccc(OCC(=O)Nc2ccc(C(N)=O)cc2)c(Cl)c1)c1ccccc1. The molecule has 0 saturated heterocycles. The molecular weight excluding hydrogens is 466 g/mol. The van der Waals surface area contributed by atoms with Gasteiger partial charge in [0.15, 0.2) is 6.61 Å². The van der Waals surface area contributed by atoms with E-state index in [2.05, 4.69) is 10.0 Å². The van der Waals surface area contributed by atoms with Crippen molar-refractivity contribution in [2.24, 2.45) is 5.73 Å². The number of anilines is 1. The summed E-state index contributed by atoms with van der Waals surface area (Å²) in [6.45, 7) is 1.39. The van der Waals surface area contributed by atoms with Crippen molar-refractivity contribution < 1.29 is 22.7 Å². The topological polar surface area (TPSA) is 128 Å². The molecule has 0 spiro atoms. The number of nitrogens with one attached hydrogen (secondary N) is 2. The standard InChI is InChI=1S/C23H22ClN3O5S/c1-15(16-5-3-2-4-6-16)27-33(30,31)19-11-12-21(20(24)13-19)32-14-22(28)26-18-9-7-17(8-10-18)23(25)29/h2-13,15,27H,14H2,1H3,(H2,25,29)(H,26,28)/t15-/m0/s1. The zero-order chi connectivity index (χ0) is 24.0. The molecule has 0 saturated carbocycles. The van der Waals surface area contributed by atoms with Gasteiger partial charge in [-0.3, -0.25) is 9.59 Å². The Morgan fingerprint density at radius 1 is 1.03 bits per heavy atom. The number of carbonyl (C=O) groups excluding carboxylic acids is 2. The number of halogens is 1. The second kappa shape index (κ2) is 10.5. The quantitative estimate of drug-likeness (QED) is 0.425. The maximum absolute atomic E-state index is 12.7. The fourth-order valence-corrected chi connectivity index (χ4v) is 4.49. The van der Waals surface area contributed by atoms with E-state index >= 15 is 0 Å². The van der Waals surface area contributed by atoms with Gasteiger partial charge in [-0.1, -0.05) is 41.9 Å². The number of hydrogen-bond acceptors (Lipinski definition) is 5. The van der Waals surface area contributed by atoms with Gasteiger partial charge in [-0.25, -0.2) is 13.1 Å². The average Bonchev–Trinajstić information content (AvgIpc) is 2.79. The first-order valence-corrected chi connectivity index (χ1v) is 11.7. The second-order valence-electron chi connectivity index (χ2n) is 7.12. The molecule has 3 aromatic rings. The summed E-state index contributed by atoms with van der Waals surface area (Å²) < 4.78 is 33.4. The molecule has 4 N–H and O–H groups in total. The molecule has 172 valence electrons. The monoisotopic (exact) mass is 487 g/mol. The van der Waals surface area contributed by atoms with Crippen LogP contribution in [0.3, 0.4) is 0 Å². The minimum absolute atomic E-state index is 0.0263. The zero-order valence-corrected chi connectivity index (χ0v) is 19.2. The number of benzene rings is 3. The van der Waals surface area contributed by atoms with E-state index < -0.39 is 27.9 Å². The first-order valence-electron chi connectivity index (χ1n) is 9.85. The van der Waals surface area contributed by atoms with Crippen LogP contribution in [0.25, 0.3) is 0 Å². The first-order chi connectivity index (χ1) is 15.7. The summed E-state index contributed by atoms with van der Waals surface area (Å²) in [5.74, 6) is -0.875. The largest absolute Gasteiger partial charge is 0.482 e. The fourth-order valence-electron chi connectivity index (χ4n) is 2.93. The zero-order valence-electron chi connectivity index (χ0n) is 17.6. The predicted octanol–water partition coefficient (Wildman–Crippen LogP) is 3.50. The molecule has 0 aliphatic heterocycles. The Labute approximate surface area is 196 Å². The number of hydrogen-bond donors (Lipinski definition) is 3. The molecule has 8 nitrogen and oxygen atoms in total. The lowest BCUT2D eigenvalue weighted by atomic mass is 10.1. The third-order valence-corrected chi connectivity index (χ3v) is 6.49. The number of nitrogens with two attached hydrogens (primary N) is 1. The molecule has 0 fully saturated rings. The van der Waals surface area contributed by atoms with Crippen molar-refractivity contribution in [3.63, 3.8) is 0 Å². The summed E-state index contributed by atoms with van der Waals surface area (Å²) in [7, 11) is -3.83. The molecule has 0 heterocycles. The second-order valence-corrected chi connectivity index (χ2v) is 9.25. The van der Waals surface area contributed by atoms with Crippen molar-refractivity contribution in [2.75, 3.05) is 11.9 Å². The van der Waals surface area contributed by atoms with Crippen LogP contribution in [-0.4, -0.2) is 26.8 Å². The van der Waals surface area contributed by atoms with Crippen molar-refractivity contribution in [3.05, 3.63) is 88.9 Å². The summed E-state index contributed by atoms with van der Waals surface area (Å²) in [6, 6.07) is 18.8. The molecule has 0 aliphatic carbocycles. The number of ether oxygens (including phenoxy) is 1. The molecular formula is C23H22ClN3O5S. The van der Waals surface area contributed by atoms with Crippen LogP contribution in [0.2, 0.25) is 5.02 Å². The van der Waals surface area contributed by atoms with Crippen LogP contribution < -0.4 is 20.5 Å². The van der Waals surface area contributed by atoms with Crippen LogP contribution in [0.1, 0.15) is 28.9 Å². The third-order valence-electron chi connectivity index (χ3n) is 4.66. The van der Waals surface area contributed by atoms with Gasteiger partial charge < -0.3 is 15.8 Å². The highest BCUT2D eigenvalue weighted by Gasteiger charge is 2.20. The molecule has 0 unspecified atom stereocenters. The van der Waals surface area contributed by atoms with E-state index in [1.165, 1.54) is 42.5 Å². The summed E-state index contributed by atoms with van der Waals surface area (Å²) >= 11 is 6.19. The summed E-state index contributed by atoms with van der Waals surface area (Å²) in [6.07, 6.45) is 0. The highest BCUT2D eigenvalue weighted by Crippen LogP contribution is 2.28. The van der Waals surface area contributed by atoms with Gasteiger partial charge in [-0.05, 0) is 55.0 Å². The summed E-state index contributed by atoms with van der Waals surface area (Å²) in [4.78, 5) is 23.2. The van der Waals surface area contributed by atoms with Crippen LogP contribution in [0.4, 0.5) is 5.69 Å². The van der Waals surface area contributed by atoms with E-state index in [-0.39, 0.29) is 22.3 Å². The Hall–Kier alpha value is -3.40. The van der Waals surface area contributed by atoms with E-state index in [0.29, 0.717) is 11.3 Å². The van der Waals surface area contributed by atoms with Crippen molar-refractivity contribution in [1.82, 2.24) is 4.72 Å². The Morgan fingerprint density at radius 3 is 2.30 bits per heavy atom. The first kappa shape index (κ1) is 24.2. The average molecular weight is 488 g/mol. The number of rotatable bonds is 9. The third kappa shape index (κ3) is 6.55. The molecule has 3 aromatic carbocycles. The van der Waals surface area contributed by atoms with Gasteiger partial charge >= 0.3 is 0 Å². The van der Waals surface area contributed by atoms with Gasteiger partial charge in [-0.2, -0.15) is 0 Å². The van der Waals surface area contributed by atoms with E-state index in [1.807, 2.05) is 30.3 Å². The van der Waals surface area contributed by atoms with E-state index in [1.54, 1.807) is 6.92 Å². The maximum atomic E-state index is 12.7. The molecule has 0 bridgehead atoms. The van der Waals surface area contributed by atoms with Gasteiger partial charge in [0.2, 0.25) is 15.9 Å². The van der Waals surface area contributed by atoms with Crippen LogP contribution in [-0.2, 0) is 14.8 Å². The Bertz CT molecular complexity index is 1250. The molecule has 1 atom stereocenters.